The van der Waals surface area contributed by atoms with Crippen LogP contribution in [0.5, 0.6) is 0 Å². The minimum absolute atomic E-state index is 0.0142. The van der Waals surface area contributed by atoms with Gasteiger partial charge < -0.3 is 15.0 Å². The normalized spacial score (nSPS) is 17.2. The number of hydrogen-bond acceptors (Lipinski definition) is 2. The fraction of sp³-hybridized carbons (Fsp3) is 0.316. The minimum Gasteiger partial charge on any atom is -0.372 e. The Morgan fingerprint density at radius 2 is 1.70 bits per heavy atom. The summed E-state index contributed by atoms with van der Waals surface area (Å²) >= 11 is 0. The van der Waals surface area contributed by atoms with Crippen molar-refractivity contribution in [2.24, 2.45) is 0 Å². The maximum Gasteiger partial charge on any atom is 0.317 e. The second kappa shape index (κ2) is 7.79. The molecule has 1 N–H and O–H groups in total. The molecule has 0 radical (unpaired) electrons. The summed E-state index contributed by atoms with van der Waals surface area (Å²) in [6, 6.07) is 20.1. The van der Waals surface area contributed by atoms with Gasteiger partial charge in [-0.1, -0.05) is 60.7 Å². The Morgan fingerprint density at radius 1 is 1.04 bits per heavy atom. The van der Waals surface area contributed by atoms with Crippen LogP contribution >= 0.6 is 0 Å². The molecule has 2 amide bonds. The molecule has 1 aliphatic rings. The number of amides is 2. The molecule has 0 spiro atoms. The first-order valence-corrected chi connectivity index (χ1v) is 8.03. The zero-order valence-corrected chi connectivity index (χ0v) is 13.2. The molecule has 0 bridgehead atoms. The predicted molar refractivity (Wildman–Crippen MR) is 89.9 cm³/mol. The number of benzene rings is 2. The number of likely N-dealkylation sites (tertiary alicyclic amines) is 1. The van der Waals surface area contributed by atoms with Gasteiger partial charge in [0.25, 0.3) is 0 Å². The van der Waals surface area contributed by atoms with E-state index in [0.717, 1.165) is 18.5 Å². The first-order chi connectivity index (χ1) is 11.3. The monoisotopic (exact) mass is 310 g/mol. The van der Waals surface area contributed by atoms with Gasteiger partial charge in [-0.2, -0.15) is 0 Å². The summed E-state index contributed by atoms with van der Waals surface area (Å²) in [7, 11) is 0. The van der Waals surface area contributed by atoms with Crippen molar-refractivity contribution in [2.45, 2.75) is 25.7 Å². The highest BCUT2D eigenvalue weighted by atomic mass is 16.5. The molecule has 1 atom stereocenters. The molecule has 1 aliphatic heterocycles. The molecule has 1 unspecified atom stereocenters. The second-order valence-corrected chi connectivity index (χ2v) is 5.80. The summed E-state index contributed by atoms with van der Waals surface area (Å²) in [5, 5.41) is 2.97. The van der Waals surface area contributed by atoms with E-state index < -0.39 is 0 Å². The van der Waals surface area contributed by atoms with Crippen molar-refractivity contribution in [3.05, 3.63) is 71.8 Å². The van der Waals surface area contributed by atoms with E-state index in [1.165, 1.54) is 5.56 Å². The molecule has 3 rings (SSSR count). The third-order valence-electron chi connectivity index (χ3n) is 4.05. The SMILES string of the molecule is O=C(NCc1ccccc1)N1CCC(OCc2ccccc2)C1. The summed E-state index contributed by atoms with van der Waals surface area (Å²) in [5.74, 6) is 0. The second-order valence-electron chi connectivity index (χ2n) is 5.80. The van der Waals surface area contributed by atoms with E-state index in [4.69, 9.17) is 4.74 Å². The average Bonchev–Trinajstić information content (AvgIpc) is 3.09. The van der Waals surface area contributed by atoms with E-state index in [1.54, 1.807) is 0 Å². The Bertz CT molecular complexity index is 616. The lowest BCUT2D eigenvalue weighted by Crippen LogP contribution is -2.38. The molecular formula is C19H22N2O2. The van der Waals surface area contributed by atoms with Crippen molar-refractivity contribution in [2.75, 3.05) is 13.1 Å². The van der Waals surface area contributed by atoms with Crippen LogP contribution < -0.4 is 5.32 Å². The standard InChI is InChI=1S/C19H22N2O2/c22-19(20-13-16-7-3-1-4-8-16)21-12-11-18(14-21)23-15-17-9-5-2-6-10-17/h1-10,18H,11-15H2,(H,20,22). The third-order valence-corrected chi connectivity index (χ3v) is 4.05. The van der Waals surface area contributed by atoms with Crippen LogP contribution in [0.3, 0.4) is 0 Å². The van der Waals surface area contributed by atoms with E-state index >= 15 is 0 Å². The zero-order valence-electron chi connectivity index (χ0n) is 13.2. The molecule has 4 nitrogen and oxygen atoms in total. The van der Waals surface area contributed by atoms with Gasteiger partial charge in [0.05, 0.1) is 12.7 Å². The lowest BCUT2D eigenvalue weighted by molar-refractivity contribution is 0.0487. The van der Waals surface area contributed by atoms with Crippen molar-refractivity contribution in [1.29, 1.82) is 0 Å². The van der Waals surface area contributed by atoms with Crippen LogP contribution in [-0.2, 0) is 17.9 Å². The molecule has 23 heavy (non-hydrogen) atoms. The molecule has 1 saturated heterocycles. The molecule has 2 aromatic rings. The molecule has 120 valence electrons. The number of carbonyl (C=O) groups is 1. The van der Waals surface area contributed by atoms with Crippen LogP contribution in [0.15, 0.2) is 60.7 Å². The third kappa shape index (κ3) is 4.57. The van der Waals surface area contributed by atoms with E-state index in [0.29, 0.717) is 19.7 Å². The molecule has 1 heterocycles. The van der Waals surface area contributed by atoms with Crippen LogP contribution in [-0.4, -0.2) is 30.1 Å². The Hall–Kier alpha value is -2.33. The van der Waals surface area contributed by atoms with Gasteiger partial charge >= 0.3 is 6.03 Å². The summed E-state index contributed by atoms with van der Waals surface area (Å²) in [5.41, 5.74) is 2.27. The molecular weight excluding hydrogens is 288 g/mol. The molecule has 0 aliphatic carbocycles. The number of nitrogens with zero attached hydrogens (tertiary/aromatic N) is 1. The van der Waals surface area contributed by atoms with Gasteiger partial charge in [0.1, 0.15) is 0 Å². The van der Waals surface area contributed by atoms with Crippen molar-refractivity contribution in [3.63, 3.8) is 0 Å². The fourth-order valence-electron chi connectivity index (χ4n) is 2.72. The molecule has 1 fully saturated rings. The van der Waals surface area contributed by atoms with Crippen LogP contribution in [0.25, 0.3) is 0 Å². The first-order valence-electron chi connectivity index (χ1n) is 8.03. The Balaban J connectivity index is 1.41. The summed E-state index contributed by atoms with van der Waals surface area (Å²) in [6.07, 6.45) is 1.02. The summed E-state index contributed by atoms with van der Waals surface area (Å²) < 4.78 is 5.91. The Kier molecular flexibility index (Phi) is 5.27. The van der Waals surface area contributed by atoms with Crippen molar-refractivity contribution < 1.29 is 9.53 Å². The Morgan fingerprint density at radius 3 is 2.39 bits per heavy atom. The van der Waals surface area contributed by atoms with Gasteiger partial charge in [0, 0.05) is 19.6 Å². The highest BCUT2D eigenvalue weighted by Gasteiger charge is 2.26. The van der Waals surface area contributed by atoms with Crippen molar-refractivity contribution in [1.82, 2.24) is 10.2 Å². The van der Waals surface area contributed by atoms with Crippen LogP contribution in [0.4, 0.5) is 4.79 Å². The molecule has 0 saturated carbocycles. The van der Waals surface area contributed by atoms with Gasteiger partial charge in [0.2, 0.25) is 0 Å². The highest BCUT2D eigenvalue weighted by molar-refractivity contribution is 5.74. The van der Waals surface area contributed by atoms with E-state index in [2.05, 4.69) is 17.4 Å². The smallest absolute Gasteiger partial charge is 0.317 e. The van der Waals surface area contributed by atoms with Crippen LogP contribution in [0.1, 0.15) is 17.5 Å². The van der Waals surface area contributed by atoms with E-state index in [9.17, 15) is 4.79 Å². The summed E-state index contributed by atoms with van der Waals surface area (Å²) in [4.78, 5) is 14.0. The first kappa shape index (κ1) is 15.6. The highest BCUT2D eigenvalue weighted by Crippen LogP contribution is 2.15. The summed E-state index contributed by atoms with van der Waals surface area (Å²) in [6.45, 7) is 2.57. The number of carbonyl (C=O) groups excluding carboxylic acids is 1. The quantitative estimate of drug-likeness (QED) is 0.921. The number of rotatable bonds is 5. The van der Waals surface area contributed by atoms with E-state index in [-0.39, 0.29) is 12.1 Å². The number of nitrogens with one attached hydrogen (secondary N) is 1. The average molecular weight is 310 g/mol. The van der Waals surface area contributed by atoms with Crippen molar-refractivity contribution in [3.8, 4) is 0 Å². The van der Waals surface area contributed by atoms with Gasteiger partial charge in [-0.05, 0) is 17.5 Å². The predicted octanol–water partition coefficient (Wildman–Crippen LogP) is 3.19. The van der Waals surface area contributed by atoms with E-state index in [1.807, 2.05) is 53.4 Å². The topological polar surface area (TPSA) is 41.6 Å². The fourth-order valence-corrected chi connectivity index (χ4v) is 2.72. The maximum absolute atomic E-state index is 12.2. The Labute approximate surface area is 137 Å². The lowest BCUT2D eigenvalue weighted by Gasteiger charge is -2.17. The van der Waals surface area contributed by atoms with Crippen LogP contribution in [0.2, 0.25) is 0 Å². The molecule has 2 aromatic carbocycles. The minimum atomic E-state index is -0.0142. The zero-order chi connectivity index (χ0) is 15.9. The number of hydrogen-bond donors (Lipinski definition) is 1. The van der Waals surface area contributed by atoms with Gasteiger partial charge in [-0.25, -0.2) is 4.79 Å². The van der Waals surface area contributed by atoms with Crippen molar-refractivity contribution >= 4 is 6.03 Å². The number of ether oxygens (including phenoxy) is 1. The molecule has 4 heteroatoms. The lowest BCUT2D eigenvalue weighted by atomic mass is 10.2. The number of urea groups is 1. The van der Waals surface area contributed by atoms with Gasteiger partial charge in [-0.3, -0.25) is 0 Å². The van der Waals surface area contributed by atoms with Gasteiger partial charge in [-0.15, -0.1) is 0 Å². The molecule has 0 aromatic heterocycles. The van der Waals surface area contributed by atoms with Gasteiger partial charge in [0.15, 0.2) is 0 Å². The van der Waals surface area contributed by atoms with Crippen LogP contribution in [0, 0.1) is 0 Å². The largest absolute Gasteiger partial charge is 0.372 e. The maximum atomic E-state index is 12.2.